The largest absolute Gasteiger partial charge is 0.325 e. The lowest BCUT2D eigenvalue weighted by molar-refractivity contribution is -0.115. The van der Waals surface area contributed by atoms with Gasteiger partial charge in [-0.3, -0.25) is 4.79 Å². The zero-order valence-corrected chi connectivity index (χ0v) is 13.1. The molecule has 21 heavy (non-hydrogen) atoms. The van der Waals surface area contributed by atoms with Crippen molar-refractivity contribution in [2.75, 3.05) is 5.32 Å². The first-order valence-corrected chi connectivity index (χ1v) is 7.75. The molecule has 1 aliphatic heterocycles. The molecule has 2 nitrogen and oxygen atoms in total. The minimum atomic E-state index is -0.311. The van der Waals surface area contributed by atoms with Crippen molar-refractivity contribution in [1.29, 1.82) is 0 Å². The minimum absolute atomic E-state index is 0.00158. The highest BCUT2D eigenvalue weighted by atomic mass is 35.5. The van der Waals surface area contributed by atoms with Crippen LogP contribution in [0.5, 0.6) is 0 Å². The fourth-order valence-corrected chi connectivity index (χ4v) is 3.45. The van der Waals surface area contributed by atoms with E-state index in [1.54, 1.807) is 6.07 Å². The predicted molar refractivity (Wildman–Crippen MR) is 87.3 cm³/mol. The lowest BCUT2D eigenvalue weighted by Crippen LogP contribution is -2.03. The Bertz CT molecular complexity index is 712. The fourth-order valence-electron chi connectivity index (χ4n) is 2.73. The Kier molecular flexibility index (Phi) is 3.92. The molecule has 1 N–H and O–H groups in total. The molecule has 0 aliphatic carbocycles. The molecule has 1 amide bonds. The van der Waals surface area contributed by atoms with Crippen LogP contribution in [0.4, 0.5) is 5.69 Å². The molecule has 108 valence electrons. The van der Waals surface area contributed by atoms with Gasteiger partial charge in [0.25, 0.3) is 0 Å². The number of aryl methyl sites for hydroxylation is 1. The number of carbonyl (C=O) groups excluding carboxylic acids is 1. The van der Waals surface area contributed by atoms with Crippen molar-refractivity contribution in [1.82, 2.24) is 0 Å². The van der Waals surface area contributed by atoms with Crippen molar-refractivity contribution in [2.24, 2.45) is 0 Å². The molecule has 4 heteroatoms. The molecule has 1 atom stereocenters. The lowest BCUT2D eigenvalue weighted by Gasteiger charge is -2.17. The summed E-state index contributed by atoms with van der Waals surface area (Å²) in [6.45, 7) is 2.11. The van der Waals surface area contributed by atoms with E-state index in [0.29, 0.717) is 11.4 Å². The summed E-state index contributed by atoms with van der Waals surface area (Å²) in [5.74, 6) is -0.00158. The monoisotopic (exact) mass is 319 g/mol. The van der Waals surface area contributed by atoms with Gasteiger partial charge >= 0.3 is 0 Å². The van der Waals surface area contributed by atoms with E-state index in [9.17, 15) is 4.79 Å². The molecule has 0 saturated heterocycles. The Labute approximate surface area is 134 Å². The number of nitrogens with one attached hydrogen (secondary N) is 1. The molecule has 0 fully saturated rings. The van der Waals surface area contributed by atoms with Crippen molar-refractivity contribution in [2.45, 2.75) is 25.1 Å². The first-order valence-electron chi connectivity index (χ1n) is 6.94. The third-order valence-corrected chi connectivity index (χ3v) is 4.63. The Morgan fingerprint density at radius 3 is 2.76 bits per heavy atom. The summed E-state index contributed by atoms with van der Waals surface area (Å²) in [6, 6.07) is 11.8. The zero-order chi connectivity index (χ0) is 15.0. The zero-order valence-electron chi connectivity index (χ0n) is 11.6. The summed E-state index contributed by atoms with van der Waals surface area (Å²) in [5.41, 5.74) is 4.89. The SMILES string of the molecule is CCc1ccccc1C(Cl)c1cc2c(cc1Cl)NC(=O)C2. The number of rotatable bonds is 3. The normalized spacial score (nSPS) is 14.7. The van der Waals surface area contributed by atoms with E-state index in [0.717, 1.165) is 28.8 Å². The smallest absolute Gasteiger partial charge is 0.228 e. The van der Waals surface area contributed by atoms with E-state index in [1.165, 1.54) is 5.56 Å². The van der Waals surface area contributed by atoms with Crippen LogP contribution in [0.25, 0.3) is 0 Å². The lowest BCUT2D eigenvalue weighted by atomic mass is 9.96. The van der Waals surface area contributed by atoms with Crippen LogP contribution in [0.1, 0.15) is 34.6 Å². The number of hydrogen-bond acceptors (Lipinski definition) is 1. The van der Waals surface area contributed by atoms with E-state index in [-0.39, 0.29) is 11.3 Å². The van der Waals surface area contributed by atoms with Gasteiger partial charge in [-0.1, -0.05) is 42.8 Å². The number of benzene rings is 2. The highest BCUT2D eigenvalue weighted by Gasteiger charge is 2.23. The van der Waals surface area contributed by atoms with Gasteiger partial charge in [0.1, 0.15) is 0 Å². The molecule has 2 aromatic rings. The Balaban J connectivity index is 2.04. The number of alkyl halides is 1. The van der Waals surface area contributed by atoms with E-state index >= 15 is 0 Å². The number of halogens is 2. The van der Waals surface area contributed by atoms with Crippen LogP contribution < -0.4 is 5.32 Å². The van der Waals surface area contributed by atoms with Gasteiger partial charge in [-0.15, -0.1) is 11.6 Å². The molecule has 1 heterocycles. The third kappa shape index (κ3) is 2.66. The molecule has 3 rings (SSSR count). The second-order valence-corrected chi connectivity index (χ2v) is 6.01. The number of carbonyl (C=O) groups is 1. The first-order chi connectivity index (χ1) is 10.1. The molecular formula is C17H15Cl2NO. The van der Waals surface area contributed by atoms with Gasteiger partial charge in [-0.25, -0.2) is 0 Å². The Morgan fingerprint density at radius 1 is 1.24 bits per heavy atom. The summed E-state index contributed by atoms with van der Waals surface area (Å²) in [6.07, 6.45) is 1.31. The quantitative estimate of drug-likeness (QED) is 0.814. The van der Waals surface area contributed by atoms with E-state index < -0.39 is 0 Å². The maximum absolute atomic E-state index is 11.5. The predicted octanol–water partition coefficient (Wildman–Crippen LogP) is 4.73. The third-order valence-electron chi connectivity index (χ3n) is 3.83. The number of anilines is 1. The molecule has 0 aromatic heterocycles. The summed E-state index contributed by atoms with van der Waals surface area (Å²) in [5, 5.41) is 3.07. The van der Waals surface area contributed by atoms with Crippen molar-refractivity contribution in [3.05, 3.63) is 63.7 Å². The van der Waals surface area contributed by atoms with Gasteiger partial charge in [0.15, 0.2) is 0 Å². The van der Waals surface area contributed by atoms with Crippen LogP contribution in [0, 0.1) is 0 Å². The van der Waals surface area contributed by atoms with E-state index in [4.69, 9.17) is 23.2 Å². The van der Waals surface area contributed by atoms with Gasteiger partial charge < -0.3 is 5.32 Å². The van der Waals surface area contributed by atoms with Crippen molar-refractivity contribution in [3.8, 4) is 0 Å². The highest BCUT2D eigenvalue weighted by Crippen LogP contribution is 2.39. The molecule has 0 bridgehead atoms. The summed E-state index contributed by atoms with van der Waals surface area (Å²) >= 11 is 13.0. The van der Waals surface area contributed by atoms with E-state index in [1.807, 2.05) is 24.3 Å². The van der Waals surface area contributed by atoms with Crippen LogP contribution in [-0.4, -0.2) is 5.91 Å². The van der Waals surface area contributed by atoms with Crippen molar-refractivity contribution < 1.29 is 4.79 Å². The second-order valence-electron chi connectivity index (χ2n) is 5.17. The molecule has 0 saturated carbocycles. The van der Waals surface area contributed by atoms with Gasteiger partial charge in [-0.2, -0.15) is 0 Å². The summed E-state index contributed by atoms with van der Waals surface area (Å²) in [7, 11) is 0. The average Bonchev–Trinajstić information content (AvgIpc) is 2.84. The van der Waals surface area contributed by atoms with Crippen LogP contribution >= 0.6 is 23.2 Å². The van der Waals surface area contributed by atoms with Crippen LogP contribution in [0.3, 0.4) is 0 Å². The summed E-state index contributed by atoms with van der Waals surface area (Å²) in [4.78, 5) is 11.5. The van der Waals surface area contributed by atoms with Crippen LogP contribution in [0.2, 0.25) is 5.02 Å². The van der Waals surface area contributed by atoms with Crippen molar-refractivity contribution in [3.63, 3.8) is 0 Å². The molecule has 1 aliphatic rings. The topological polar surface area (TPSA) is 29.1 Å². The molecular weight excluding hydrogens is 305 g/mol. The first kappa shape index (κ1) is 14.4. The van der Waals surface area contributed by atoms with Gasteiger partial charge in [0.2, 0.25) is 5.91 Å². The maximum atomic E-state index is 11.5. The van der Waals surface area contributed by atoms with Gasteiger partial charge in [-0.05, 0) is 40.8 Å². The van der Waals surface area contributed by atoms with Gasteiger partial charge in [0, 0.05) is 10.7 Å². The molecule has 1 unspecified atom stereocenters. The number of amides is 1. The highest BCUT2D eigenvalue weighted by molar-refractivity contribution is 6.33. The number of fused-ring (bicyclic) bond motifs is 1. The van der Waals surface area contributed by atoms with Crippen molar-refractivity contribution >= 4 is 34.8 Å². The van der Waals surface area contributed by atoms with Gasteiger partial charge in [0.05, 0.1) is 11.8 Å². The summed E-state index contributed by atoms with van der Waals surface area (Å²) < 4.78 is 0. The minimum Gasteiger partial charge on any atom is -0.325 e. The van der Waals surface area contributed by atoms with Crippen LogP contribution in [0.15, 0.2) is 36.4 Å². The fraction of sp³-hybridized carbons (Fsp3) is 0.235. The maximum Gasteiger partial charge on any atom is 0.228 e. The standard InChI is InChI=1S/C17H15Cl2NO/c1-2-10-5-3-4-6-12(10)17(19)13-7-11-8-16(21)20-15(11)9-14(13)18/h3-7,9,17H,2,8H2,1H3,(H,20,21). The van der Waals surface area contributed by atoms with Crippen LogP contribution in [-0.2, 0) is 17.6 Å². The Hall–Kier alpha value is -1.51. The Morgan fingerprint density at radius 2 is 2.00 bits per heavy atom. The second kappa shape index (κ2) is 5.70. The molecule has 0 radical (unpaired) electrons. The molecule has 0 spiro atoms. The average molecular weight is 320 g/mol. The van der Waals surface area contributed by atoms with E-state index in [2.05, 4.69) is 18.3 Å². The number of hydrogen-bond donors (Lipinski definition) is 1. The molecule has 2 aromatic carbocycles.